The molecule has 0 aliphatic heterocycles. The normalized spacial score (nSPS) is 10.6. The van der Waals surface area contributed by atoms with Crippen LogP contribution in [0.25, 0.3) is 11.0 Å². The number of amides is 1. The molecule has 0 fully saturated rings. The van der Waals surface area contributed by atoms with Gasteiger partial charge in [0.1, 0.15) is 24.5 Å². The molecule has 0 bridgehead atoms. The van der Waals surface area contributed by atoms with E-state index in [1.54, 1.807) is 30.3 Å². The summed E-state index contributed by atoms with van der Waals surface area (Å²) in [4.78, 5) is 36.3. The van der Waals surface area contributed by atoms with Gasteiger partial charge in [-0.3, -0.25) is 9.59 Å². The number of fused-ring (bicyclic) bond motifs is 1. The Hall–Kier alpha value is -3.61. The van der Waals surface area contributed by atoms with Gasteiger partial charge in [0, 0.05) is 17.0 Å². The van der Waals surface area contributed by atoms with Crippen LogP contribution in [0.2, 0.25) is 0 Å². The smallest absolute Gasteiger partial charge is 0.336 e. The maximum Gasteiger partial charge on any atom is 0.336 e. The number of para-hydroxylation sites is 1. The molecule has 0 atom stereocenters. The predicted octanol–water partition coefficient (Wildman–Crippen LogP) is 3.28. The van der Waals surface area contributed by atoms with E-state index >= 15 is 0 Å². The lowest BCUT2D eigenvalue weighted by molar-refractivity contribution is -0.143. The monoisotopic (exact) mass is 409 g/mol. The van der Waals surface area contributed by atoms with Gasteiger partial charge in [0.15, 0.2) is 0 Å². The fourth-order valence-electron chi connectivity index (χ4n) is 2.99. The van der Waals surface area contributed by atoms with Crippen LogP contribution in [0.1, 0.15) is 34.0 Å². The summed E-state index contributed by atoms with van der Waals surface area (Å²) in [6.45, 7) is 5.71. The summed E-state index contributed by atoms with van der Waals surface area (Å²) < 4.78 is 15.9. The van der Waals surface area contributed by atoms with Gasteiger partial charge in [-0.2, -0.15) is 0 Å². The first-order chi connectivity index (χ1) is 14.4. The van der Waals surface area contributed by atoms with Gasteiger partial charge in [-0.25, -0.2) is 4.79 Å². The fourth-order valence-corrected chi connectivity index (χ4v) is 2.99. The third-order valence-electron chi connectivity index (χ3n) is 4.66. The van der Waals surface area contributed by atoms with Crippen molar-refractivity contribution in [2.45, 2.75) is 27.4 Å². The molecule has 0 radical (unpaired) electrons. The van der Waals surface area contributed by atoms with Crippen LogP contribution in [0, 0.1) is 13.8 Å². The molecule has 0 aliphatic rings. The molecule has 3 aromatic rings. The van der Waals surface area contributed by atoms with Gasteiger partial charge in [0.05, 0.1) is 12.2 Å². The molecular weight excluding hydrogens is 386 g/mol. The zero-order valence-corrected chi connectivity index (χ0v) is 17.1. The van der Waals surface area contributed by atoms with Crippen LogP contribution >= 0.6 is 0 Å². The number of benzene rings is 2. The number of aryl methyl sites for hydroxylation is 2. The summed E-state index contributed by atoms with van der Waals surface area (Å²) in [6.07, 6.45) is 0. The second kappa shape index (κ2) is 9.26. The standard InChI is InChI=1S/C23H23NO6/c1-4-28-19-8-6-5-7-17(19)23(27)24-12-22(26)29-13-16-11-21(25)30-20-10-15(3)14(2)9-18(16)20/h5-11H,4,12-13H2,1-3H3,(H,24,27). The molecule has 3 rings (SSSR count). The molecule has 1 amide bonds. The number of nitrogens with one attached hydrogen (secondary N) is 1. The fraction of sp³-hybridized carbons (Fsp3) is 0.261. The number of hydrogen-bond acceptors (Lipinski definition) is 6. The maximum absolute atomic E-state index is 12.4. The van der Waals surface area contributed by atoms with Gasteiger partial charge in [0.2, 0.25) is 0 Å². The summed E-state index contributed by atoms with van der Waals surface area (Å²) in [5.74, 6) is -0.616. The van der Waals surface area contributed by atoms with Crippen molar-refractivity contribution in [2.24, 2.45) is 0 Å². The highest BCUT2D eigenvalue weighted by Gasteiger charge is 2.14. The van der Waals surface area contributed by atoms with Crippen LogP contribution in [0.15, 0.2) is 51.7 Å². The first kappa shape index (κ1) is 21.1. The molecule has 1 heterocycles. The minimum absolute atomic E-state index is 0.102. The molecule has 1 aromatic heterocycles. The van der Waals surface area contributed by atoms with E-state index in [1.807, 2.05) is 26.8 Å². The molecule has 156 valence electrons. The maximum atomic E-state index is 12.4. The van der Waals surface area contributed by atoms with E-state index in [4.69, 9.17) is 13.9 Å². The average Bonchev–Trinajstić information content (AvgIpc) is 2.72. The van der Waals surface area contributed by atoms with E-state index in [0.29, 0.717) is 34.5 Å². The molecule has 2 aromatic carbocycles. The Labute approximate surface area is 173 Å². The highest BCUT2D eigenvalue weighted by atomic mass is 16.5. The number of carbonyl (C=O) groups excluding carboxylic acids is 2. The Morgan fingerprint density at radius 1 is 1.07 bits per heavy atom. The number of esters is 1. The van der Waals surface area contributed by atoms with Gasteiger partial charge >= 0.3 is 11.6 Å². The van der Waals surface area contributed by atoms with Crippen LogP contribution in [-0.2, 0) is 16.1 Å². The van der Waals surface area contributed by atoms with E-state index < -0.39 is 17.5 Å². The van der Waals surface area contributed by atoms with E-state index in [-0.39, 0.29) is 13.2 Å². The van der Waals surface area contributed by atoms with E-state index in [2.05, 4.69) is 5.32 Å². The van der Waals surface area contributed by atoms with Crippen LogP contribution in [-0.4, -0.2) is 25.0 Å². The van der Waals surface area contributed by atoms with Crippen molar-refractivity contribution in [3.05, 3.63) is 75.1 Å². The summed E-state index contributed by atoms with van der Waals surface area (Å²) in [6, 6.07) is 11.8. The molecule has 0 saturated carbocycles. The number of ether oxygens (including phenoxy) is 2. The van der Waals surface area contributed by atoms with Crippen LogP contribution < -0.4 is 15.7 Å². The molecule has 0 saturated heterocycles. The molecule has 30 heavy (non-hydrogen) atoms. The molecule has 7 nitrogen and oxygen atoms in total. The zero-order chi connectivity index (χ0) is 21.7. The van der Waals surface area contributed by atoms with Crippen molar-refractivity contribution in [2.75, 3.05) is 13.2 Å². The Morgan fingerprint density at radius 3 is 2.57 bits per heavy atom. The summed E-state index contributed by atoms with van der Waals surface area (Å²) in [5, 5.41) is 3.23. The van der Waals surface area contributed by atoms with Crippen LogP contribution in [0.3, 0.4) is 0 Å². The van der Waals surface area contributed by atoms with Gasteiger partial charge in [-0.05, 0) is 56.2 Å². The zero-order valence-electron chi connectivity index (χ0n) is 17.1. The second-order valence-corrected chi connectivity index (χ2v) is 6.80. The van der Waals surface area contributed by atoms with Crippen molar-refractivity contribution in [1.29, 1.82) is 0 Å². The lowest BCUT2D eigenvalue weighted by atomic mass is 10.0. The van der Waals surface area contributed by atoms with Gasteiger partial charge in [0.25, 0.3) is 5.91 Å². The van der Waals surface area contributed by atoms with Crippen molar-refractivity contribution in [1.82, 2.24) is 5.32 Å². The van der Waals surface area contributed by atoms with Crippen molar-refractivity contribution < 1.29 is 23.5 Å². The topological polar surface area (TPSA) is 94.8 Å². The molecule has 0 aliphatic carbocycles. The number of hydrogen-bond donors (Lipinski definition) is 1. The van der Waals surface area contributed by atoms with Crippen molar-refractivity contribution in [3.63, 3.8) is 0 Å². The minimum atomic E-state index is -0.623. The molecule has 0 spiro atoms. The second-order valence-electron chi connectivity index (χ2n) is 6.80. The number of carbonyl (C=O) groups is 2. The van der Waals surface area contributed by atoms with Crippen LogP contribution in [0.4, 0.5) is 0 Å². The van der Waals surface area contributed by atoms with Crippen LogP contribution in [0.5, 0.6) is 5.75 Å². The molecule has 0 unspecified atom stereocenters. The Morgan fingerprint density at radius 2 is 1.80 bits per heavy atom. The summed E-state index contributed by atoms with van der Waals surface area (Å²) >= 11 is 0. The first-order valence-corrected chi connectivity index (χ1v) is 9.58. The SMILES string of the molecule is CCOc1ccccc1C(=O)NCC(=O)OCc1cc(=O)oc2cc(C)c(C)cc12. The summed E-state index contributed by atoms with van der Waals surface area (Å²) in [7, 11) is 0. The van der Waals surface area contributed by atoms with Gasteiger partial charge < -0.3 is 19.2 Å². The number of rotatable bonds is 7. The highest BCUT2D eigenvalue weighted by Crippen LogP contribution is 2.22. The molecule has 1 N–H and O–H groups in total. The van der Waals surface area contributed by atoms with Crippen molar-refractivity contribution >= 4 is 22.8 Å². The van der Waals surface area contributed by atoms with E-state index in [9.17, 15) is 14.4 Å². The lowest BCUT2D eigenvalue weighted by Gasteiger charge is -2.11. The minimum Gasteiger partial charge on any atom is -0.493 e. The lowest BCUT2D eigenvalue weighted by Crippen LogP contribution is -2.31. The first-order valence-electron chi connectivity index (χ1n) is 9.58. The van der Waals surface area contributed by atoms with E-state index in [0.717, 1.165) is 11.1 Å². The quantitative estimate of drug-likeness (QED) is 0.475. The third kappa shape index (κ3) is 4.86. The largest absolute Gasteiger partial charge is 0.493 e. The molecular formula is C23H23NO6. The summed E-state index contributed by atoms with van der Waals surface area (Å²) in [5.41, 5.74) is 2.84. The Balaban J connectivity index is 1.65. The van der Waals surface area contributed by atoms with Gasteiger partial charge in [-0.1, -0.05) is 12.1 Å². The predicted molar refractivity (Wildman–Crippen MR) is 112 cm³/mol. The Kier molecular flexibility index (Phi) is 6.51. The molecule has 7 heteroatoms. The van der Waals surface area contributed by atoms with Crippen molar-refractivity contribution in [3.8, 4) is 5.75 Å². The highest BCUT2D eigenvalue weighted by molar-refractivity contribution is 5.98. The third-order valence-corrected chi connectivity index (χ3v) is 4.66. The van der Waals surface area contributed by atoms with E-state index in [1.165, 1.54) is 6.07 Å². The Bertz CT molecular complexity index is 1150. The average molecular weight is 409 g/mol. The van der Waals surface area contributed by atoms with Gasteiger partial charge in [-0.15, -0.1) is 0 Å².